The van der Waals surface area contributed by atoms with Gasteiger partial charge in [-0.1, -0.05) is 70.5 Å². The second kappa shape index (κ2) is 10.8. The molecule has 186 valence electrons. The molecule has 2 aromatic rings. The number of hydrogen-bond donors (Lipinski definition) is 2. The van der Waals surface area contributed by atoms with E-state index in [1.807, 2.05) is 13.0 Å². The predicted octanol–water partition coefficient (Wildman–Crippen LogP) is 6.60. The maximum absolute atomic E-state index is 5.75. The van der Waals surface area contributed by atoms with Crippen molar-refractivity contribution in [2.24, 2.45) is 11.3 Å². The Bertz CT molecular complexity index is 954. The number of benzene rings is 2. The van der Waals surface area contributed by atoms with Crippen LogP contribution in [0.5, 0.6) is 5.75 Å². The lowest BCUT2D eigenvalue weighted by Crippen LogP contribution is -2.53. The Morgan fingerprint density at radius 1 is 1.03 bits per heavy atom. The molecule has 3 heteroatoms. The second-order valence-electron chi connectivity index (χ2n) is 11.5. The number of aryl methyl sites for hydroxylation is 1. The fraction of sp³-hybridized carbons (Fsp3) is 0.613. The number of ether oxygens (including phenoxy) is 1. The van der Waals surface area contributed by atoms with Crippen molar-refractivity contribution in [3.63, 3.8) is 0 Å². The highest BCUT2D eigenvalue weighted by Gasteiger charge is 2.51. The summed E-state index contributed by atoms with van der Waals surface area (Å²) in [7, 11) is 0. The maximum Gasteiger partial charge on any atom is 0.123 e. The van der Waals surface area contributed by atoms with E-state index < -0.39 is 0 Å². The minimum absolute atomic E-state index is 0.318. The third kappa shape index (κ3) is 5.21. The first-order chi connectivity index (χ1) is 16.4. The molecule has 1 saturated carbocycles. The summed E-state index contributed by atoms with van der Waals surface area (Å²) in [4.78, 5) is 0. The van der Waals surface area contributed by atoms with E-state index in [0.717, 1.165) is 37.8 Å². The summed E-state index contributed by atoms with van der Waals surface area (Å²) in [6, 6.07) is 15.7. The van der Waals surface area contributed by atoms with Crippen LogP contribution in [-0.4, -0.2) is 26.2 Å². The number of rotatable bonds is 10. The normalized spacial score (nSPS) is 26.2. The minimum atomic E-state index is 0.318. The molecule has 0 aliphatic heterocycles. The molecule has 0 heterocycles. The lowest BCUT2D eigenvalue weighted by Gasteiger charge is -2.55. The van der Waals surface area contributed by atoms with Gasteiger partial charge in [-0.05, 0) is 78.0 Å². The van der Waals surface area contributed by atoms with Gasteiger partial charge in [-0.25, -0.2) is 0 Å². The average molecular weight is 463 g/mol. The topological polar surface area (TPSA) is 33.3 Å². The minimum Gasteiger partial charge on any atom is -0.494 e. The van der Waals surface area contributed by atoms with Crippen LogP contribution < -0.4 is 15.4 Å². The van der Waals surface area contributed by atoms with Gasteiger partial charge in [0.2, 0.25) is 0 Å². The van der Waals surface area contributed by atoms with Crippen LogP contribution in [0.15, 0.2) is 42.5 Å². The van der Waals surface area contributed by atoms with E-state index in [9.17, 15) is 0 Å². The zero-order valence-corrected chi connectivity index (χ0v) is 22.2. The van der Waals surface area contributed by atoms with Crippen molar-refractivity contribution in [3.05, 3.63) is 64.7 Å². The van der Waals surface area contributed by atoms with Crippen molar-refractivity contribution >= 4 is 0 Å². The molecule has 34 heavy (non-hydrogen) atoms. The number of para-hydroxylation sites is 1. The van der Waals surface area contributed by atoms with E-state index in [2.05, 4.69) is 74.7 Å². The van der Waals surface area contributed by atoms with Crippen LogP contribution >= 0.6 is 0 Å². The van der Waals surface area contributed by atoms with Crippen LogP contribution in [0, 0.1) is 11.3 Å². The average Bonchev–Trinajstić information content (AvgIpc) is 2.82. The van der Waals surface area contributed by atoms with Gasteiger partial charge in [0.1, 0.15) is 5.75 Å². The van der Waals surface area contributed by atoms with Gasteiger partial charge in [-0.3, -0.25) is 0 Å². The molecule has 3 atom stereocenters. The van der Waals surface area contributed by atoms with E-state index in [-0.39, 0.29) is 0 Å². The summed E-state index contributed by atoms with van der Waals surface area (Å²) >= 11 is 0. The van der Waals surface area contributed by atoms with Crippen LogP contribution in [0.3, 0.4) is 0 Å². The Morgan fingerprint density at radius 3 is 2.62 bits per heavy atom. The van der Waals surface area contributed by atoms with Crippen LogP contribution in [0.25, 0.3) is 0 Å². The van der Waals surface area contributed by atoms with Crippen molar-refractivity contribution in [1.29, 1.82) is 0 Å². The van der Waals surface area contributed by atoms with Gasteiger partial charge in [-0.15, -0.1) is 0 Å². The van der Waals surface area contributed by atoms with E-state index in [4.69, 9.17) is 4.74 Å². The summed E-state index contributed by atoms with van der Waals surface area (Å²) in [5, 5.41) is 7.43. The standard InChI is InChI=1S/C31H46N2O/c1-6-34-28-11-8-7-10-26(28)21-32-18-19-33-22-30(4)16-9-17-31(5)27-14-12-24(23(2)3)20-25(27)13-15-29(30)31/h7-8,10-12,14,20,23,29,32-33H,6,9,13,15-19,21-22H2,1-5H3/t29-,30-,31+/m0/s1. The molecule has 2 aliphatic carbocycles. The zero-order chi connectivity index (χ0) is 24.2. The molecular formula is C31H46N2O. The molecule has 2 aliphatic rings. The summed E-state index contributed by atoms with van der Waals surface area (Å²) < 4.78 is 5.75. The number of hydrogen-bond acceptors (Lipinski definition) is 3. The highest BCUT2D eigenvalue weighted by Crippen LogP contribution is 2.57. The molecular weight excluding hydrogens is 416 g/mol. The largest absolute Gasteiger partial charge is 0.494 e. The Kier molecular flexibility index (Phi) is 8.05. The molecule has 2 N–H and O–H groups in total. The van der Waals surface area contributed by atoms with Gasteiger partial charge in [0.05, 0.1) is 6.61 Å². The van der Waals surface area contributed by atoms with Crippen molar-refractivity contribution < 1.29 is 4.74 Å². The van der Waals surface area contributed by atoms with Crippen LogP contribution in [0.2, 0.25) is 0 Å². The first kappa shape index (κ1) is 25.3. The first-order valence-electron chi connectivity index (χ1n) is 13.6. The Morgan fingerprint density at radius 2 is 1.82 bits per heavy atom. The van der Waals surface area contributed by atoms with E-state index >= 15 is 0 Å². The molecule has 0 saturated heterocycles. The van der Waals surface area contributed by atoms with Gasteiger partial charge in [0.15, 0.2) is 0 Å². The summed E-state index contributed by atoms with van der Waals surface area (Å²) in [6.07, 6.45) is 6.59. The predicted molar refractivity (Wildman–Crippen MR) is 144 cm³/mol. The Balaban J connectivity index is 1.33. The molecule has 3 nitrogen and oxygen atoms in total. The van der Waals surface area contributed by atoms with E-state index in [0.29, 0.717) is 23.4 Å². The lowest BCUT2D eigenvalue weighted by atomic mass is 9.49. The highest BCUT2D eigenvalue weighted by atomic mass is 16.5. The van der Waals surface area contributed by atoms with Crippen molar-refractivity contribution in [2.45, 2.75) is 84.6 Å². The van der Waals surface area contributed by atoms with Gasteiger partial charge < -0.3 is 15.4 Å². The molecule has 0 unspecified atom stereocenters. The quantitative estimate of drug-likeness (QED) is 0.390. The Hall–Kier alpha value is -1.84. The zero-order valence-electron chi connectivity index (χ0n) is 22.2. The number of nitrogens with one attached hydrogen (secondary N) is 2. The Labute approximate surface area is 208 Å². The molecule has 0 radical (unpaired) electrons. The third-order valence-electron chi connectivity index (χ3n) is 8.76. The van der Waals surface area contributed by atoms with Gasteiger partial charge >= 0.3 is 0 Å². The fourth-order valence-electron chi connectivity index (χ4n) is 6.93. The van der Waals surface area contributed by atoms with Crippen molar-refractivity contribution in [2.75, 3.05) is 26.2 Å². The van der Waals surface area contributed by atoms with Crippen molar-refractivity contribution in [1.82, 2.24) is 10.6 Å². The summed E-state index contributed by atoms with van der Waals surface area (Å²) in [5.74, 6) is 2.36. The van der Waals surface area contributed by atoms with Crippen LogP contribution in [0.4, 0.5) is 0 Å². The van der Waals surface area contributed by atoms with Gasteiger partial charge in [0.25, 0.3) is 0 Å². The van der Waals surface area contributed by atoms with E-state index in [1.165, 1.54) is 43.2 Å². The van der Waals surface area contributed by atoms with Crippen LogP contribution in [-0.2, 0) is 18.4 Å². The van der Waals surface area contributed by atoms with E-state index in [1.54, 1.807) is 11.1 Å². The first-order valence-corrected chi connectivity index (χ1v) is 13.6. The third-order valence-corrected chi connectivity index (χ3v) is 8.76. The molecule has 1 fully saturated rings. The summed E-state index contributed by atoms with van der Waals surface area (Å²) in [6.45, 7) is 16.4. The molecule has 0 aromatic heterocycles. The lowest BCUT2D eigenvalue weighted by molar-refractivity contribution is 0.0261. The highest BCUT2D eigenvalue weighted by molar-refractivity contribution is 5.42. The second-order valence-corrected chi connectivity index (χ2v) is 11.5. The SMILES string of the molecule is CCOc1ccccc1CNCCNC[C@]1(C)CCC[C@]2(C)c3ccc(C(C)C)cc3CC[C@@H]12. The van der Waals surface area contributed by atoms with Crippen LogP contribution in [0.1, 0.15) is 88.5 Å². The molecule has 0 bridgehead atoms. The molecule has 0 amide bonds. The van der Waals surface area contributed by atoms with Gasteiger partial charge in [-0.2, -0.15) is 0 Å². The van der Waals surface area contributed by atoms with Crippen molar-refractivity contribution in [3.8, 4) is 5.75 Å². The van der Waals surface area contributed by atoms with Gasteiger partial charge in [0, 0.05) is 31.7 Å². The monoisotopic (exact) mass is 462 g/mol. The molecule has 4 rings (SSSR count). The molecule has 2 aromatic carbocycles. The fourth-order valence-corrected chi connectivity index (χ4v) is 6.93. The maximum atomic E-state index is 5.75. The number of fused-ring (bicyclic) bond motifs is 3. The summed E-state index contributed by atoms with van der Waals surface area (Å²) in [5.41, 5.74) is 6.69. The smallest absolute Gasteiger partial charge is 0.123 e. The molecule has 0 spiro atoms.